The molecule has 0 aromatic heterocycles. The minimum atomic E-state index is -0.647. The number of likely N-dealkylation sites (tertiary alicyclic amines) is 1. The molecule has 1 aliphatic heterocycles. The normalized spacial score (nSPS) is 20.1. The highest BCUT2D eigenvalue weighted by Crippen LogP contribution is 2.20. The molecule has 1 atom stereocenters. The number of amides is 1. The summed E-state index contributed by atoms with van der Waals surface area (Å²) >= 11 is 0. The molecule has 5 nitrogen and oxygen atoms in total. The van der Waals surface area contributed by atoms with E-state index in [1.165, 1.54) is 0 Å². The molecule has 1 aliphatic rings. The van der Waals surface area contributed by atoms with Crippen molar-refractivity contribution in [2.45, 2.75) is 84.0 Å². The van der Waals surface area contributed by atoms with Gasteiger partial charge < -0.3 is 20.1 Å². The molecule has 1 rings (SSSR count). The number of ether oxygens (including phenoxy) is 1. The monoisotopic (exact) mass is 314 g/mol. The number of nitrogens with one attached hydrogen (secondary N) is 1. The summed E-state index contributed by atoms with van der Waals surface area (Å²) < 4.78 is 5.51. The second-order valence-corrected chi connectivity index (χ2v) is 7.39. The predicted molar refractivity (Wildman–Crippen MR) is 89.0 cm³/mol. The molecule has 1 fully saturated rings. The van der Waals surface area contributed by atoms with Crippen molar-refractivity contribution in [1.29, 1.82) is 0 Å². The van der Waals surface area contributed by atoms with E-state index in [0.29, 0.717) is 13.1 Å². The van der Waals surface area contributed by atoms with E-state index in [0.717, 1.165) is 38.6 Å². The molecule has 0 spiro atoms. The van der Waals surface area contributed by atoms with Crippen LogP contribution in [0.1, 0.15) is 66.7 Å². The maximum absolute atomic E-state index is 12.3. The zero-order chi connectivity index (χ0) is 16.8. The van der Waals surface area contributed by atoms with Crippen molar-refractivity contribution in [3.05, 3.63) is 0 Å². The molecule has 0 aliphatic carbocycles. The van der Waals surface area contributed by atoms with Gasteiger partial charge in [0, 0.05) is 25.7 Å². The van der Waals surface area contributed by atoms with Crippen molar-refractivity contribution in [3.63, 3.8) is 0 Å². The summed E-state index contributed by atoms with van der Waals surface area (Å²) in [5, 5.41) is 13.7. The lowest BCUT2D eigenvalue weighted by Gasteiger charge is -2.37. The van der Waals surface area contributed by atoms with Gasteiger partial charge in [-0.3, -0.25) is 0 Å². The number of hydrogen-bond acceptors (Lipinski definition) is 4. The van der Waals surface area contributed by atoms with Crippen molar-refractivity contribution < 1.29 is 14.6 Å². The smallest absolute Gasteiger partial charge is 0.410 e. The van der Waals surface area contributed by atoms with Gasteiger partial charge in [0.25, 0.3) is 0 Å². The van der Waals surface area contributed by atoms with Gasteiger partial charge >= 0.3 is 6.09 Å². The molecule has 0 saturated carbocycles. The Bertz CT molecular complexity index is 348. The minimum absolute atomic E-state index is 0.154. The molecule has 130 valence electrons. The van der Waals surface area contributed by atoms with Crippen LogP contribution < -0.4 is 5.32 Å². The lowest BCUT2D eigenvalue weighted by molar-refractivity contribution is 0.00716. The SMILES string of the molecule is CCC(O)(CC)CNCC1CCCCN1C(=O)OC(C)(C)C. The van der Waals surface area contributed by atoms with Crippen molar-refractivity contribution in [2.75, 3.05) is 19.6 Å². The van der Waals surface area contributed by atoms with Crippen LogP contribution in [0.4, 0.5) is 4.79 Å². The second-order valence-electron chi connectivity index (χ2n) is 7.39. The third-order valence-corrected chi connectivity index (χ3v) is 4.41. The zero-order valence-corrected chi connectivity index (χ0v) is 14.9. The molecule has 0 aromatic carbocycles. The first-order valence-corrected chi connectivity index (χ1v) is 8.63. The Morgan fingerprint density at radius 2 is 1.91 bits per heavy atom. The first kappa shape index (κ1) is 19.2. The number of hydrogen-bond donors (Lipinski definition) is 2. The maximum Gasteiger partial charge on any atom is 0.410 e. The molecular formula is C17H34N2O3. The Morgan fingerprint density at radius 3 is 2.45 bits per heavy atom. The fourth-order valence-electron chi connectivity index (χ4n) is 2.75. The fraction of sp³-hybridized carbons (Fsp3) is 0.941. The summed E-state index contributed by atoms with van der Waals surface area (Å²) in [7, 11) is 0. The van der Waals surface area contributed by atoms with E-state index in [-0.39, 0.29) is 12.1 Å². The number of aliphatic hydroxyl groups is 1. The summed E-state index contributed by atoms with van der Waals surface area (Å²) in [6, 6.07) is 0.154. The Morgan fingerprint density at radius 1 is 1.27 bits per heavy atom. The van der Waals surface area contributed by atoms with Gasteiger partial charge in [0.2, 0.25) is 0 Å². The van der Waals surface area contributed by atoms with Gasteiger partial charge in [0.1, 0.15) is 5.60 Å². The predicted octanol–water partition coefficient (Wildman–Crippen LogP) is 2.92. The van der Waals surface area contributed by atoms with Gasteiger partial charge in [-0.05, 0) is 52.9 Å². The van der Waals surface area contributed by atoms with Crippen LogP contribution in [-0.2, 0) is 4.74 Å². The van der Waals surface area contributed by atoms with Gasteiger partial charge in [0.05, 0.1) is 5.60 Å². The van der Waals surface area contributed by atoms with E-state index in [1.54, 1.807) is 0 Å². The lowest BCUT2D eigenvalue weighted by atomic mass is 9.97. The highest BCUT2D eigenvalue weighted by atomic mass is 16.6. The van der Waals surface area contributed by atoms with Crippen LogP contribution >= 0.6 is 0 Å². The highest BCUT2D eigenvalue weighted by Gasteiger charge is 2.31. The number of carbonyl (C=O) groups is 1. The molecule has 5 heteroatoms. The number of piperidine rings is 1. The topological polar surface area (TPSA) is 61.8 Å². The summed E-state index contributed by atoms with van der Waals surface area (Å²) in [5.74, 6) is 0. The van der Waals surface area contributed by atoms with E-state index >= 15 is 0 Å². The van der Waals surface area contributed by atoms with Crippen LogP contribution in [0, 0.1) is 0 Å². The van der Waals surface area contributed by atoms with Crippen molar-refractivity contribution in [3.8, 4) is 0 Å². The molecule has 22 heavy (non-hydrogen) atoms. The zero-order valence-electron chi connectivity index (χ0n) is 14.9. The number of nitrogens with zero attached hydrogens (tertiary/aromatic N) is 1. The summed E-state index contributed by atoms with van der Waals surface area (Å²) in [5.41, 5.74) is -1.11. The third-order valence-electron chi connectivity index (χ3n) is 4.41. The largest absolute Gasteiger partial charge is 0.444 e. The Kier molecular flexibility index (Phi) is 7.13. The molecule has 0 bridgehead atoms. The number of rotatable bonds is 6. The van der Waals surface area contributed by atoms with Crippen LogP contribution in [-0.4, -0.2) is 53.0 Å². The van der Waals surface area contributed by atoms with Crippen LogP contribution in [0.5, 0.6) is 0 Å². The van der Waals surface area contributed by atoms with Crippen LogP contribution in [0.2, 0.25) is 0 Å². The van der Waals surface area contributed by atoms with Gasteiger partial charge in [0.15, 0.2) is 0 Å². The average Bonchev–Trinajstić information content (AvgIpc) is 2.45. The molecule has 1 unspecified atom stereocenters. The number of carbonyl (C=O) groups excluding carboxylic acids is 1. The first-order chi connectivity index (χ1) is 10.2. The van der Waals surface area contributed by atoms with Crippen molar-refractivity contribution in [2.24, 2.45) is 0 Å². The summed E-state index contributed by atoms with van der Waals surface area (Å²) in [6.07, 6.45) is 4.40. The van der Waals surface area contributed by atoms with E-state index in [1.807, 2.05) is 39.5 Å². The molecule has 0 radical (unpaired) electrons. The Balaban J connectivity index is 2.53. The molecule has 1 saturated heterocycles. The highest BCUT2D eigenvalue weighted by molar-refractivity contribution is 5.68. The summed E-state index contributed by atoms with van der Waals surface area (Å²) in [6.45, 7) is 11.7. The average molecular weight is 314 g/mol. The van der Waals surface area contributed by atoms with Crippen molar-refractivity contribution in [1.82, 2.24) is 10.2 Å². The van der Waals surface area contributed by atoms with E-state index < -0.39 is 11.2 Å². The van der Waals surface area contributed by atoms with Crippen LogP contribution in [0.25, 0.3) is 0 Å². The fourth-order valence-corrected chi connectivity index (χ4v) is 2.75. The molecule has 1 heterocycles. The Labute approximate surface area is 135 Å². The van der Waals surface area contributed by atoms with Gasteiger partial charge in [-0.2, -0.15) is 0 Å². The van der Waals surface area contributed by atoms with E-state index in [9.17, 15) is 9.90 Å². The maximum atomic E-state index is 12.3. The molecule has 2 N–H and O–H groups in total. The van der Waals surface area contributed by atoms with Gasteiger partial charge in [-0.25, -0.2) is 4.79 Å². The molecule has 1 amide bonds. The quantitative estimate of drug-likeness (QED) is 0.791. The standard InChI is InChI=1S/C17H34N2O3/c1-6-17(21,7-2)13-18-12-14-10-8-9-11-19(14)15(20)22-16(3,4)5/h14,18,21H,6-13H2,1-5H3. The Hall–Kier alpha value is -0.810. The minimum Gasteiger partial charge on any atom is -0.444 e. The molecule has 0 aromatic rings. The first-order valence-electron chi connectivity index (χ1n) is 8.63. The van der Waals surface area contributed by atoms with E-state index in [4.69, 9.17) is 4.74 Å². The lowest BCUT2D eigenvalue weighted by Crippen LogP contribution is -2.51. The summed E-state index contributed by atoms with van der Waals surface area (Å²) in [4.78, 5) is 14.2. The van der Waals surface area contributed by atoms with Gasteiger partial charge in [-0.1, -0.05) is 13.8 Å². The third kappa shape index (κ3) is 6.13. The van der Waals surface area contributed by atoms with Gasteiger partial charge in [-0.15, -0.1) is 0 Å². The second kappa shape index (κ2) is 8.16. The molecular weight excluding hydrogens is 280 g/mol. The van der Waals surface area contributed by atoms with Crippen LogP contribution in [0.3, 0.4) is 0 Å². The van der Waals surface area contributed by atoms with Crippen LogP contribution in [0.15, 0.2) is 0 Å². The van der Waals surface area contributed by atoms with E-state index in [2.05, 4.69) is 5.32 Å². The van der Waals surface area contributed by atoms with Crippen molar-refractivity contribution >= 4 is 6.09 Å².